The summed E-state index contributed by atoms with van der Waals surface area (Å²) in [5, 5.41) is 16.4. The van der Waals surface area contributed by atoms with Gasteiger partial charge >= 0.3 is 12.1 Å². The van der Waals surface area contributed by atoms with Crippen LogP contribution in [0.5, 0.6) is 0 Å². The number of hydrogen-bond donors (Lipinski definition) is 1. The quantitative estimate of drug-likeness (QED) is 0.863. The molecule has 0 radical (unpaired) electrons. The molecule has 22 heavy (non-hydrogen) atoms. The molecule has 1 amide bonds. The van der Waals surface area contributed by atoms with Gasteiger partial charge in [0.25, 0.3) is 0 Å². The summed E-state index contributed by atoms with van der Waals surface area (Å²) < 4.78 is 6.68. The normalized spacial score (nSPS) is 15.8. The number of carbonyl (C=O) groups excluding carboxylic acids is 1. The fourth-order valence-corrected chi connectivity index (χ4v) is 2.18. The van der Waals surface area contributed by atoms with Gasteiger partial charge in [-0.2, -0.15) is 0 Å². The third kappa shape index (κ3) is 4.09. The lowest BCUT2D eigenvalue weighted by Crippen LogP contribution is -2.50. The fourth-order valence-electron chi connectivity index (χ4n) is 2.18. The van der Waals surface area contributed by atoms with Crippen LogP contribution in [-0.4, -0.2) is 68.8 Å². The van der Waals surface area contributed by atoms with Crippen LogP contribution in [0.15, 0.2) is 6.20 Å². The van der Waals surface area contributed by atoms with Crippen LogP contribution < -0.4 is 4.90 Å². The van der Waals surface area contributed by atoms with Crippen molar-refractivity contribution in [3.63, 3.8) is 0 Å². The molecular formula is C13H21N5O4. The summed E-state index contributed by atoms with van der Waals surface area (Å²) in [5.74, 6) is -0.328. The van der Waals surface area contributed by atoms with Crippen LogP contribution in [0.3, 0.4) is 0 Å². The van der Waals surface area contributed by atoms with Crippen molar-refractivity contribution in [2.75, 3.05) is 31.1 Å². The second kappa shape index (κ2) is 6.20. The highest BCUT2D eigenvalue weighted by Gasteiger charge is 2.27. The lowest BCUT2D eigenvalue weighted by Gasteiger charge is -2.36. The highest BCUT2D eigenvalue weighted by atomic mass is 16.6. The minimum absolute atomic E-state index is 0.235. The molecule has 2 rings (SSSR count). The Morgan fingerprint density at radius 2 is 1.91 bits per heavy atom. The number of anilines is 1. The van der Waals surface area contributed by atoms with Crippen LogP contribution in [0, 0.1) is 0 Å². The van der Waals surface area contributed by atoms with Crippen molar-refractivity contribution in [3.8, 4) is 0 Å². The van der Waals surface area contributed by atoms with Gasteiger partial charge in [-0.1, -0.05) is 5.21 Å². The fraction of sp³-hybridized carbons (Fsp3) is 0.692. The van der Waals surface area contributed by atoms with Gasteiger partial charge in [0.05, 0.1) is 6.20 Å². The first kappa shape index (κ1) is 16.1. The first-order valence-electron chi connectivity index (χ1n) is 7.09. The molecule has 0 saturated carbocycles. The van der Waals surface area contributed by atoms with Crippen LogP contribution >= 0.6 is 0 Å². The molecule has 0 spiro atoms. The number of carboxylic acids is 1. The average molecular weight is 311 g/mol. The van der Waals surface area contributed by atoms with Crippen LogP contribution in [-0.2, 0) is 16.1 Å². The summed E-state index contributed by atoms with van der Waals surface area (Å²) in [7, 11) is 0. The molecule has 0 bridgehead atoms. The molecule has 122 valence electrons. The molecule has 1 aromatic heterocycles. The van der Waals surface area contributed by atoms with E-state index in [2.05, 4.69) is 10.3 Å². The highest BCUT2D eigenvalue weighted by Crippen LogP contribution is 2.16. The van der Waals surface area contributed by atoms with Crippen LogP contribution in [0.4, 0.5) is 10.6 Å². The second-order valence-electron chi connectivity index (χ2n) is 6.10. The summed E-state index contributed by atoms with van der Waals surface area (Å²) in [6.45, 7) is 7.42. The molecular weight excluding hydrogens is 290 g/mol. The maximum Gasteiger partial charge on any atom is 0.410 e. The van der Waals surface area contributed by atoms with E-state index in [0.29, 0.717) is 32.0 Å². The minimum atomic E-state index is -0.973. The number of piperazine rings is 1. The largest absolute Gasteiger partial charge is 0.480 e. The molecule has 1 saturated heterocycles. The number of carbonyl (C=O) groups is 2. The van der Waals surface area contributed by atoms with E-state index in [0.717, 1.165) is 0 Å². The van der Waals surface area contributed by atoms with E-state index >= 15 is 0 Å². The maximum absolute atomic E-state index is 12.0. The number of ether oxygens (including phenoxy) is 1. The zero-order chi connectivity index (χ0) is 16.3. The third-order valence-corrected chi connectivity index (χ3v) is 3.14. The zero-order valence-electron chi connectivity index (χ0n) is 13.0. The van der Waals surface area contributed by atoms with E-state index in [1.165, 1.54) is 10.9 Å². The Morgan fingerprint density at radius 1 is 1.27 bits per heavy atom. The SMILES string of the molecule is CC(C)(C)OC(=O)N1CCN(c2cnnn2CC(=O)O)CC1. The summed E-state index contributed by atoms with van der Waals surface area (Å²) in [6, 6.07) is 0. The van der Waals surface area contributed by atoms with E-state index in [1.54, 1.807) is 4.90 Å². The molecule has 1 fully saturated rings. The Morgan fingerprint density at radius 3 is 2.45 bits per heavy atom. The molecule has 0 aromatic carbocycles. The number of nitrogens with zero attached hydrogens (tertiary/aromatic N) is 5. The van der Waals surface area contributed by atoms with Gasteiger partial charge in [-0.05, 0) is 20.8 Å². The molecule has 0 aliphatic carbocycles. The van der Waals surface area contributed by atoms with Crippen molar-refractivity contribution in [1.29, 1.82) is 0 Å². The number of carboxylic acid groups (broad SMARTS) is 1. The third-order valence-electron chi connectivity index (χ3n) is 3.14. The van der Waals surface area contributed by atoms with Crippen molar-refractivity contribution in [1.82, 2.24) is 19.9 Å². The summed E-state index contributed by atoms with van der Waals surface area (Å²) >= 11 is 0. The average Bonchev–Trinajstić information content (AvgIpc) is 2.84. The van der Waals surface area contributed by atoms with Gasteiger partial charge in [-0.15, -0.1) is 5.10 Å². The molecule has 9 heteroatoms. The van der Waals surface area contributed by atoms with Gasteiger partial charge in [0, 0.05) is 26.2 Å². The van der Waals surface area contributed by atoms with E-state index in [4.69, 9.17) is 9.84 Å². The van der Waals surface area contributed by atoms with Crippen molar-refractivity contribution in [2.45, 2.75) is 32.9 Å². The van der Waals surface area contributed by atoms with Gasteiger partial charge in [-0.3, -0.25) is 4.79 Å². The number of aliphatic carboxylic acids is 1. The number of hydrogen-bond acceptors (Lipinski definition) is 6. The van der Waals surface area contributed by atoms with Gasteiger partial charge in [0.2, 0.25) is 0 Å². The molecule has 1 aliphatic rings. The van der Waals surface area contributed by atoms with E-state index in [9.17, 15) is 9.59 Å². The smallest absolute Gasteiger partial charge is 0.410 e. The Balaban J connectivity index is 1.94. The summed E-state index contributed by atoms with van der Waals surface area (Å²) in [5.41, 5.74) is -0.516. The first-order valence-corrected chi connectivity index (χ1v) is 7.09. The monoisotopic (exact) mass is 311 g/mol. The molecule has 0 atom stereocenters. The van der Waals surface area contributed by atoms with Gasteiger partial charge in [-0.25, -0.2) is 9.48 Å². The molecule has 9 nitrogen and oxygen atoms in total. The van der Waals surface area contributed by atoms with Crippen molar-refractivity contribution >= 4 is 17.9 Å². The molecule has 2 heterocycles. The lowest BCUT2D eigenvalue weighted by atomic mass is 10.2. The Labute approximate surface area is 128 Å². The van der Waals surface area contributed by atoms with Gasteiger partial charge in [0.1, 0.15) is 18.0 Å². The van der Waals surface area contributed by atoms with Crippen LogP contribution in [0.25, 0.3) is 0 Å². The maximum atomic E-state index is 12.0. The topological polar surface area (TPSA) is 101 Å². The van der Waals surface area contributed by atoms with E-state index in [-0.39, 0.29) is 12.6 Å². The lowest BCUT2D eigenvalue weighted by molar-refractivity contribution is -0.137. The predicted molar refractivity (Wildman–Crippen MR) is 77.7 cm³/mol. The Hall–Kier alpha value is -2.32. The van der Waals surface area contributed by atoms with E-state index in [1.807, 2.05) is 25.7 Å². The second-order valence-corrected chi connectivity index (χ2v) is 6.10. The first-order chi connectivity index (χ1) is 10.3. The van der Waals surface area contributed by atoms with Crippen molar-refractivity contribution < 1.29 is 19.4 Å². The van der Waals surface area contributed by atoms with Crippen LogP contribution in [0.2, 0.25) is 0 Å². The molecule has 1 N–H and O–H groups in total. The molecule has 1 aromatic rings. The summed E-state index contributed by atoms with van der Waals surface area (Å²) in [6.07, 6.45) is 1.20. The van der Waals surface area contributed by atoms with Crippen molar-refractivity contribution in [3.05, 3.63) is 6.20 Å². The Kier molecular flexibility index (Phi) is 4.53. The Bertz CT molecular complexity index is 543. The highest BCUT2D eigenvalue weighted by molar-refractivity contribution is 5.69. The number of amides is 1. The van der Waals surface area contributed by atoms with Gasteiger partial charge in [0.15, 0.2) is 0 Å². The van der Waals surface area contributed by atoms with Gasteiger partial charge < -0.3 is 19.6 Å². The van der Waals surface area contributed by atoms with E-state index < -0.39 is 11.6 Å². The molecule has 1 aliphatic heterocycles. The minimum Gasteiger partial charge on any atom is -0.480 e. The molecule has 0 unspecified atom stereocenters. The van der Waals surface area contributed by atoms with Crippen LogP contribution in [0.1, 0.15) is 20.8 Å². The predicted octanol–water partition coefficient (Wildman–Crippen LogP) is 0.420. The number of rotatable bonds is 3. The number of aromatic nitrogens is 3. The zero-order valence-corrected chi connectivity index (χ0v) is 13.0. The standard InChI is InChI=1S/C13H21N5O4/c1-13(2,3)22-12(21)17-6-4-16(5-7-17)10-8-14-15-18(10)9-11(19)20/h8H,4-7,9H2,1-3H3,(H,19,20). The summed E-state index contributed by atoms with van der Waals surface area (Å²) in [4.78, 5) is 26.4. The van der Waals surface area contributed by atoms with Crippen molar-refractivity contribution in [2.24, 2.45) is 0 Å².